The van der Waals surface area contributed by atoms with Crippen LogP contribution in [0.5, 0.6) is 0 Å². The summed E-state index contributed by atoms with van der Waals surface area (Å²) in [6.07, 6.45) is 2.73. The van der Waals surface area contributed by atoms with E-state index in [0.29, 0.717) is 12.5 Å². The van der Waals surface area contributed by atoms with Gasteiger partial charge in [-0.05, 0) is 38.3 Å². The fraction of sp³-hybridized carbons (Fsp3) is 0.917. The van der Waals surface area contributed by atoms with Crippen molar-refractivity contribution in [1.29, 1.82) is 0 Å². The van der Waals surface area contributed by atoms with E-state index in [4.69, 9.17) is 4.74 Å². The van der Waals surface area contributed by atoms with Crippen molar-refractivity contribution in [2.45, 2.75) is 40.0 Å². The molecule has 0 bridgehead atoms. The van der Waals surface area contributed by atoms with Gasteiger partial charge in [-0.1, -0.05) is 20.8 Å². The van der Waals surface area contributed by atoms with Gasteiger partial charge in [0.05, 0.1) is 12.0 Å². The first kappa shape index (κ1) is 12.5. The molecule has 1 N–H and O–H groups in total. The van der Waals surface area contributed by atoms with E-state index in [0.717, 1.165) is 32.4 Å². The number of ether oxygens (including phenoxy) is 1. The van der Waals surface area contributed by atoms with Crippen molar-refractivity contribution in [3.8, 4) is 0 Å². The maximum Gasteiger partial charge on any atom is 0.312 e. The van der Waals surface area contributed by atoms with E-state index in [1.54, 1.807) is 0 Å². The van der Waals surface area contributed by atoms with E-state index in [-0.39, 0.29) is 11.4 Å². The molecule has 3 nitrogen and oxygen atoms in total. The second-order valence-electron chi connectivity index (χ2n) is 4.88. The van der Waals surface area contributed by atoms with Gasteiger partial charge in [0, 0.05) is 0 Å². The summed E-state index contributed by atoms with van der Waals surface area (Å²) >= 11 is 0. The van der Waals surface area contributed by atoms with Crippen LogP contribution in [0.15, 0.2) is 0 Å². The molecule has 0 aromatic heterocycles. The summed E-state index contributed by atoms with van der Waals surface area (Å²) in [6.45, 7) is 8.63. The Labute approximate surface area is 92.6 Å². The lowest BCUT2D eigenvalue weighted by Gasteiger charge is -2.34. The van der Waals surface area contributed by atoms with Gasteiger partial charge in [0.25, 0.3) is 0 Å². The zero-order chi connectivity index (χ0) is 11.3. The van der Waals surface area contributed by atoms with Crippen molar-refractivity contribution >= 4 is 5.97 Å². The summed E-state index contributed by atoms with van der Waals surface area (Å²) in [6, 6.07) is 0. The SMILES string of the molecule is CCC1(C(=O)OCC(C)C)CCNCC1. The summed E-state index contributed by atoms with van der Waals surface area (Å²) in [5, 5.41) is 3.29. The van der Waals surface area contributed by atoms with Gasteiger partial charge in [-0.25, -0.2) is 0 Å². The van der Waals surface area contributed by atoms with Gasteiger partial charge < -0.3 is 10.1 Å². The third-order valence-corrected chi connectivity index (χ3v) is 3.22. The lowest BCUT2D eigenvalue weighted by molar-refractivity contribution is -0.159. The minimum atomic E-state index is -0.208. The second kappa shape index (κ2) is 5.50. The largest absolute Gasteiger partial charge is 0.465 e. The van der Waals surface area contributed by atoms with Gasteiger partial charge in [0.1, 0.15) is 0 Å². The number of hydrogen-bond donors (Lipinski definition) is 1. The van der Waals surface area contributed by atoms with Crippen molar-refractivity contribution in [2.24, 2.45) is 11.3 Å². The second-order valence-corrected chi connectivity index (χ2v) is 4.88. The molecule has 0 spiro atoms. The molecule has 1 aliphatic rings. The van der Waals surface area contributed by atoms with Crippen LogP contribution in [0, 0.1) is 11.3 Å². The predicted octanol–water partition coefficient (Wildman–Crippen LogP) is 1.97. The molecule has 0 amide bonds. The molecular formula is C12H23NO2. The highest BCUT2D eigenvalue weighted by Gasteiger charge is 2.39. The Morgan fingerprint density at radius 3 is 2.47 bits per heavy atom. The number of nitrogens with one attached hydrogen (secondary N) is 1. The van der Waals surface area contributed by atoms with Crippen LogP contribution in [0.3, 0.4) is 0 Å². The predicted molar refractivity (Wildman–Crippen MR) is 60.6 cm³/mol. The first-order valence-electron chi connectivity index (χ1n) is 5.98. The molecule has 15 heavy (non-hydrogen) atoms. The summed E-state index contributed by atoms with van der Waals surface area (Å²) in [7, 11) is 0. The molecule has 0 aliphatic carbocycles. The first-order valence-corrected chi connectivity index (χ1v) is 5.98. The third kappa shape index (κ3) is 3.20. The molecule has 0 atom stereocenters. The van der Waals surface area contributed by atoms with Crippen molar-refractivity contribution in [3.05, 3.63) is 0 Å². The molecule has 0 saturated carbocycles. The Morgan fingerprint density at radius 2 is 2.00 bits per heavy atom. The molecular weight excluding hydrogens is 190 g/mol. The van der Waals surface area contributed by atoms with E-state index in [1.165, 1.54) is 0 Å². The van der Waals surface area contributed by atoms with Crippen LogP contribution in [-0.4, -0.2) is 25.7 Å². The molecule has 0 aromatic rings. The fourth-order valence-corrected chi connectivity index (χ4v) is 2.00. The standard InChI is InChI=1S/C12H23NO2/c1-4-12(5-7-13-8-6-12)11(14)15-9-10(2)3/h10,13H,4-9H2,1-3H3. The van der Waals surface area contributed by atoms with Gasteiger partial charge in [-0.2, -0.15) is 0 Å². The minimum Gasteiger partial charge on any atom is -0.465 e. The summed E-state index contributed by atoms with van der Waals surface area (Å²) in [4.78, 5) is 12.0. The van der Waals surface area contributed by atoms with Gasteiger partial charge >= 0.3 is 5.97 Å². The Morgan fingerprint density at radius 1 is 1.40 bits per heavy atom. The molecule has 0 aromatic carbocycles. The van der Waals surface area contributed by atoms with Gasteiger partial charge in [0.15, 0.2) is 0 Å². The molecule has 1 aliphatic heterocycles. The lowest BCUT2D eigenvalue weighted by atomic mass is 9.77. The summed E-state index contributed by atoms with van der Waals surface area (Å²) in [5.41, 5.74) is -0.208. The van der Waals surface area contributed by atoms with Crippen molar-refractivity contribution < 1.29 is 9.53 Å². The summed E-state index contributed by atoms with van der Waals surface area (Å²) in [5.74, 6) is 0.435. The monoisotopic (exact) mass is 213 g/mol. The highest BCUT2D eigenvalue weighted by Crippen LogP contribution is 2.33. The van der Waals surface area contributed by atoms with Gasteiger partial charge in [-0.3, -0.25) is 4.79 Å². The minimum absolute atomic E-state index is 0.0141. The number of piperidine rings is 1. The highest BCUT2D eigenvalue weighted by atomic mass is 16.5. The van der Waals surface area contributed by atoms with E-state index < -0.39 is 0 Å². The van der Waals surface area contributed by atoms with Crippen molar-refractivity contribution in [3.63, 3.8) is 0 Å². The molecule has 3 heteroatoms. The van der Waals surface area contributed by atoms with Crippen LogP contribution >= 0.6 is 0 Å². The van der Waals surface area contributed by atoms with Crippen LogP contribution in [-0.2, 0) is 9.53 Å². The Balaban J connectivity index is 2.52. The number of hydrogen-bond acceptors (Lipinski definition) is 3. The number of esters is 1. The Kier molecular flexibility index (Phi) is 4.58. The lowest BCUT2D eigenvalue weighted by Crippen LogP contribution is -2.43. The van der Waals surface area contributed by atoms with Crippen molar-refractivity contribution in [1.82, 2.24) is 5.32 Å². The van der Waals surface area contributed by atoms with Crippen LogP contribution in [0.25, 0.3) is 0 Å². The molecule has 88 valence electrons. The van der Waals surface area contributed by atoms with Crippen LogP contribution < -0.4 is 5.32 Å². The topological polar surface area (TPSA) is 38.3 Å². The zero-order valence-electron chi connectivity index (χ0n) is 10.1. The highest BCUT2D eigenvalue weighted by molar-refractivity contribution is 5.77. The number of rotatable bonds is 4. The molecule has 0 radical (unpaired) electrons. The average Bonchev–Trinajstić information content (AvgIpc) is 2.26. The molecule has 1 heterocycles. The molecule has 1 saturated heterocycles. The van der Waals surface area contributed by atoms with Gasteiger partial charge in [0.2, 0.25) is 0 Å². The van der Waals surface area contributed by atoms with Crippen LogP contribution in [0.4, 0.5) is 0 Å². The maximum atomic E-state index is 12.0. The number of carbonyl (C=O) groups is 1. The molecule has 0 unspecified atom stereocenters. The normalized spacial score (nSPS) is 20.3. The maximum absolute atomic E-state index is 12.0. The first-order chi connectivity index (χ1) is 7.10. The smallest absolute Gasteiger partial charge is 0.312 e. The van der Waals surface area contributed by atoms with E-state index in [2.05, 4.69) is 26.1 Å². The van der Waals surface area contributed by atoms with Crippen molar-refractivity contribution in [2.75, 3.05) is 19.7 Å². The average molecular weight is 213 g/mol. The van der Waals surface area contributed by atoms with E-state index >= 15 is 0 Å². The fourth-order valence-electron chi connectivity index (χ4n) is 2.00. The zero-order valence-corrected chi connectivity index (χ0v) is 10.1. The third-order valence-electron chi connectivity index (χ3n) is 3.22. The molecule has 1 rings (SSSR count). The quantitative estimate of drug-likeness (QED) is 0.726. The number of carbonyl (C=O) groups excluding carboxylic acids is 1. The van der Waals surface area contributed by atoms with Gasteiger partial charge in [-0.15, -0.1) is 0 Å². The van der Waals surface area contributed by atoms with E-state index in [9.17, 15) is 4.79 Å². The summed E-state index contributed by atoms with van der Waals surface area (Å²) < 4.78 is 5.37. The Hall–Kier alpha value is -0.570. The van der Waals surface area contributed by atoms with Crippen LogP contribution in [0.1, 0.15) is 40.0 Å². The Bertz CT molecular complexity index is 208. The van der Waals surface area contributed by atoms with Crippen LogP contribution in [0.2, 0.25) is 0 Å². The van der Waals surface area contributed by atoms with E-state index in [1.807, 2.05) is 0 Å². The molecule has 1 fully saturated rings.